The number of ether oxygens (including phenoxy) is 1. The van der Waals surface area contributed by atoms with E-state index in [0.29, 0.717) is 17.4 Å². The monoisotopic (exact) mass is 206 g/mol. The van der Waals surface area contributed by atoms with Gasteiger partial charge in [0.05, 0.1) is 6.10 Å². The smallest absolute Gasteiger partial charge is 0.0547 e. The molecular weight excluding hydrogens is 184 g/mol. The van der Waals surface area contributed by atoms with Gasteiger partial charge in [0.1, 0.15) is 0 Å². The van der Waals surface area contributed by atoms with Crippen LogP contribution in [0, 0.1) is 5.92 Å². The molecule has 0 aliphatic rings. The molecule has 3 atom stereocenters. The molecule has 2 heteroatoms. The molecule has 0 aromatic carbocycles. The van der Waals surface area contributed by atoms with Crippen molar-refractivity contribution in [3.8, 4) is 0 Å². The lowest BCUT2D eigenvalue weighted by molar-refractivity contribution is 0.0657. The zero-order valence-corrected chi connectivity index (χ0v) is 10.1. The number of halogens is 1. The van der Waals surface area contributed by atoms with Crippen LogP contribution >= 0.6 is 11.6 Å². The van der Waals surface area contributed by atoms with Crippen molar-refractivity contribution in [3.05, 3.63) is 0 Å². The fourth-order valence-corrected chi connectivity index (χ4v) is 1.57. The summed E-state index contributed by atoms with van der Waals surface area (Å²) in [4.78, 5) is 0. The number of hydrogen-bond acceptors (Lipinski definition) is 1. The molecule has 0 aromatic heterocycles. The van der Waals surface area contributed by atoms with E-state index in [9.17, 15) is 0 Å². The zero-order valence-electron chi connectivity index (χ0n) is 9.35. The fourth-order valence-electron chi connectivity index (χ4n) is 1.45. The van der Waals surface area contributed by atoms with Gasteiger partial charge < -0.3 is 4.74 Å². The third kappa shape index (κ3) is 6.34. The molecule has 0 amide bonds. The maximum atomic E-state index is 6.14. The van der Waals surface area contributed by atoms with Gasteiger partial charge in [-0.25, -0.2) is 0 Å². The Morgan fingerprint density at radius 1 is 1.15 bits per heavy atom. The fraction of sp³-hybridized carbons (Fsp3) is 1.00. The van der Waals surface area contributed by atoms with E-state index in [1.807, 2.05) is 6.92 Å². The normalized spacial score (nSPS) is 18.2. The lowest BCUT2D eigenvalue weighted by atomic mass is 9.98. The Kier molecular flexibility index (Phi) is 7.78. The van der Waals surface area contributed by atoms with E-state index in [1.165, 1.54) is 6.42 Å². The molecule has 1 unspecified atom stereocenters. The SMILES string of the molecule is CCO[C@@H](C)CCC(C)[C@H](Cl)CC. The Bertz CT molecular complexity index is 117. The Morgan fingerprint density at radius 3 is 2.23 bits per heavy atom. The molecular formula is C11H23ClO. The van der Waals surface area contributed by atoms with Crippen molar-refractivity contribution in [2.45, 2.75) is 58.4 Å². The standard InChI is InChI=1S/C11H23ClO/c1-5-11(12)9(3)7-8-10(4)13-6-2/h9-11H,5-8H2,1-4H3/t9?,10-,11+/m0/s1. The molecule has 0 aliphatic heterocycles. The van der Waals surface area contributed by atoms with Crippen LogP contribution in [0.4, 0.5) is 0 Å². The van der Waals surface area contributed by atoms with E-state index >= 15 is 0 Å². The van der Waals surface area contributed by atoms with Crippen LogP contribution in [0.25, 0.3) is 0 Å². The molecule has 0 radical (unpaired) electrons. The first kappa shape index (κ1) is 13.2. The van der Waals surface area contributed by atoms with Crippen LogP contribution in [0.2, 0.25) is 0 Å². The molecule has 0 N–H and O–H groups in total. The number of alkyl halides is 1. The van der Waals surface area contributed by atoms with Crippen molar-refractivity contribution in [2.24, 2.45) is 5.92 Å². The van der Waals surface area contributed by atoms with E-state index in [1.54, 1.807) is 0 Å². The molecule has 80 valence electrons. The minimum atomic E-state index is 0.328. The summed E-state index contributed by atoms with van der Waals surface area (Å²) in [7, 11) is 0. The third-order valence-electron chi connectivity index (χ3n) is 2.49. The highest BCUT2D eigenvalue weighted by atomic mass is 35.5. The van der Waals surface area contributed by atoms with Crippen LogP contribution in [-0.2, 0) is 4.74 Å². The minimum Gasteiger partial charge on any atom is -0.379 e. The van der Waals surface area contributed by atoms with E-state index in [0.717, 1.165) is 19.4 Å². The van der Waals surface area contributed by atoms with E-state index in [4.69, 9.17) is 16.3 Å². The summed E-state index contributed by atoms with van der Waals surface area (Å²) in [6, 6.07) is 0. The molecule has 0 aliphatic carbocycles. The first-order chi connectivity index (χ1) is 6.11. The summed E-state index contributed by atoms with van der Waals surface area (Å²) in [5, 5.41) is 0.328. The maximum absolute atomic E-state index is 6.14. The van der Waals surface area contributed by atoms with Crippen LogP contribution < -0.4 is 0 Å². The second kappa shape index (κ2) is 7.64. The van der Waals surface area contributed by atoms with Gasteiger partial charge in [-0.3, -0.25) is 0 Å². The van der Waals surface area contributed by atoms with Crippen molar-refractivity contribution in [2.75, 3.05) is 6.61 Å². The Morgan fingerprint density at radius 2 is 1.77 bits per heavy atom. The maximum Gasteiger partial charge on any atom is 0.0547 e. The summed E-state index contributed by atoms with van der Waals surface area (Å²) in [6.07, 6.45) is 3.74. The van der Waals surface area contributed by atoms with Gasteiger partial charge in [0.2, 0.25) is 0 Å². The lowest BCUT2D eigenvalue weighted by Crippen LogP contribution is -2.14. The molecule has 0 saturated heterocycles. The summed E-state index contributed by atoms with van der Waals surface area (Å²) in [5.41, 5.74) is 0. The lowest BCUT2D eigenvalue weighted by Gasteiger charge is -2.18. The summed E-state index contributed by atoms with van der Waals surface area (Å²) in [6.45, 7) is 9.34. The summed E-state index contributed by atoms with van der Waals surface area (Å²) in [5.74, 6) is 0.606. The highest BCUT2D eigenvalue weighted by Crippen LogP contribution is 2.20. The predicted molar refractivity (Wildman–Crippen MR) is 59.4 cm³/mol. The Hall–Kier alpha value is 0.250. The topological polar surface area (TPSA) is 9.23 Å². The molecule has 0 saturated carbocycles. The summed E-state index contributed by atoms with van der Waals surface area (Å²) < 4.78 is 5.46. The van der Waals surface area contributed by atoms with Crippen molar-refractivity contribution in [3.63, 3.8) is 0 Å². The van der Waals surface area contributed by atoms with Crippen LogP contribution in [0.5, 0.6) is 0 Å². The largest absolute Gasteiger partial charge is 0.379 e. The van der Waals surface area contributed by atoms with E-state index < -0.39 is 0 Å². The van der Waals surface area contributed by atoms with Gasteiger partial charge in [0.15, 0.2) is 0 Å². The van der Waals surface area contributed by atoms with Crippen molar-refractivity contribution < 1.29 is 4.74 Å². The van der Waals surface area contributed by atoms with Crippen LogP contribution in [0.3, 0.4) is 0 Å². The van der Waals surface area contributed by atoms with Crippen molar-refractivity contribution in [1.82, 2.24) is 0 Å². The van der Waals surface area contributed by atoms with Crippen LogP contribution in [-0.4, -0.2) is 18.1 Å². The van der Waals surface area contributed by atoms with Gasteiger partial charge >= 0.3 is 0 Å². The van der Waals surface area contributed by atoms with Gasteiger partial charge in [-0.2, -0.15) is 0 Å². The summed E-state index contributed by atoms with van der Waals surface area (Å²) >= 11 is 6.14. The van der Waals surface area contributed by atoms with Crippen LogP contribution in [0.1, 0.15) is 47.0 Å². The Labute approximate surface area is 87.8 Å². The van der Waals surface area contributed by atoms with Gasteiger partial charge in [0, 0.05) is 12.0 Å². The highest BCUT2D eigenvalue weighted by molar-refractivity contribution is 6.20. The average molecular weight is 207 g/mol. The van der Waals surface area contributed by atoms with Gasteiger partial charge in [-0.05, 0) is 39.0 Å². The van der Waals surface area contributed by atoms with Gasteiger partial charge in [0.25, 0.3) is 0 Å². The van der Waals surface area contributed by atoms with Gasteiger partial charge in [-0.15, -0.1) is 11.6 Å². The molecule has 0 bridgehead atoms. The average Bonchev–Trinajstić information content (AvgIpc) is 2.13. The quantitative estimate of drug-likeness (QED) is 0.575. The Balaban J connectivity index is 3.50. The first-order valence-corrected chi connectivity index (χ1v) is 5.81. The first-order valence-electron chi connectivity index (χ1n) is 5.37. The molecule has 0 heterocycles. The second-order valence-corrected chi connectivity index (χ2v) is 4.31. The number of rotatable bonds is 7. The number of hydrogen-bond donors (Lipinski definition) is 0. The molecule has 1 nitrogen and oxygen atoms in total. The minimum absolute atomic E-state index is 0.328. The third-order valence-corrected chi connectivity index (χ3v) is 3.23. The molecule has 0 spiro atoms. The van der Waals surface area contributed by atoms with E-state index in [2.05, 4.69) is 20.8 Å². The predicted octanol–water partition coefficient (Wildman–Crippen LogP) is 3.85. The molecule has 13 heavy (non-hydrogen) atoms. The van der Waals surface area contributed by atoms with Crippen molar-refractivity contribution >= 4 is 11.6 Å². The zero-order chi connectivity index (χ0) is 10.3. The van der Waals surface area contributed by atoms with Crippen LogP contribution in [0.15, 0.2) is 0 Å². The molecule has 0 aromatic rings. The highest BCUT2D eigenvalue weighted by Gasteiger charge is 2.13. The molecule has 0 fully saturated rings. The molecule has 0 rings (SSSR count). The second-order valence-electron chi connectivity index (χ2n) is 3.74. The van der Waals surface area contributed by atoms with E-state index in [-0.39, 0.29) is 0 Å². The van der Waals surface area contributed by atoms with Crippen molar-refractivity contribution in [1.29, 1.82) is 0 Å². The van der Waals surface area contributed by atoms with Gasteiger partial charge in [-0.1, -0.05) is 13.8 Å².